The van der Waals surface area contributed by atoms with E-state index in [-0.39, 0.29) is 41.3 Å². The molecule has 7 nitrogen and oxygen atoms in total. The summed E-state index contributed by atoms with van der Waals surface area (Å²) in [5.41, 5.74) is 3.27. The van der Waals surface area contributed by atoms with Crippen LogP contribution in [-0.4, -0.2) is 38.2 Å². The van der Waals surface area contributed by atoms with Gasteiger partial charge in [0.25, 0.3) is 5.56 Å². The number of benzene rings is 1. The molecule has 3 aromatic rings. The molecule has 1 aromatic carbocycles. The summed E-state index contributed by atoms with van der Waals surface area (Å²) in [5.74, 6) is -0.291. The quantitative estimate of drug-likeness (QED) is 0.274. The lowest BCUT2D eigenvalue weighted by Crippen LogP contribution is -2.26. The summed E-state index contributed by atoms with van der Waals surface area (Å²) in [6.45, 7) is 4.74. The minimum atomic E-state index is -0.701. The van der Waals surface area contributed by atoms with E-state index in [2.05, 4.69) is 15.3 Å². The van der Waals surface area contributed by atoms with E-state index in [1.54, 1.807) is 23.0 Å². The van der Waals surface area contributed by atoms with Crippen LogP contribution < -0.4 is 10.9 Å². The average Bonchev–Trinajstić information content (AvgIpc) is 3.34. The van der Waals surface area contributed by atoms with Crippen LogP contribution >= 0.6 is 0 Å². The van der Waals surface area contributed by atoms with Crippen molar-refractivity contribution in [2.75, 3.05) is 0 Å². The van der Waals surface area contributed by atoms with Crippen LogP contribution in [-0.2, 0) is 6.54 Å². The van der Waals surface area contributed by atoms with Gasteiger partial charge in [0.2, 0.25) is 0 Å². The van der Waals surface area contributed by atoms with Crippen LogP contribution in [0.5, 0.6) is 0 Å². The van der Waals surface area contributed by atoms with Crippen molar-refractivity contribution in [3.8, 4) is 11.3 Å². The number of nitrogens with one attached hydrogen (secondary N) is 2. The van der Waals surface area contributed by atoms with Gasteiger partial charge in [0, 0.05) is 42.2 Å². The highest BCUT2D eigenvalue weighted by Crippen LogP contribution is 2.22. The predicted molar refractivity (Wildman–Crippen MR) is 143 cm³/mol. The molecule has 0 spiro atoms. The Kier molecular flexibility index (Phi) is 8.71. The SMILES string of the molecule is CCC(CC)n1cc(-c2cncc(C(=O)CC(=N)c3ccc(CN[C@@H]4CCC(F)C4)cc3)n2)ccc1=O. The molecule has 2 aromatic heterocycles. The fraction of sp³-hybridized carbons (Fsp3) is 0.414. The van der Waals surface area contributed by atoms with Gasteiger partial charge < -0.3 is 15.3 Å². The molecule has 1 aliphatic rings. The van der Waals surface area contributed by atoms with Gasteiger partial charge in [-0.1, -0.05) is 38.1 Å². The van der Waals surface area contributed by atoms with Crippen molar-refractivity contribution in [2.45, 2.75) is 77.2 Å². The number of ketones is 1. The molecule has 1 fully saturated rings. The Hall–Kier alpha value is -3.52. The third-order valence-electron chi connectivity index (χ3n) is 7.09. The number of pyridine rings is 1. The Bertz CT molecular complexity index is 1300. The van der Waals surface area contributed by atoms with Gasteiger partial charge in [-0.15, -0.1) is 0 Å². The molecule has 37 heavy (non-hydrogen) atoms. The Morgan fingerprint density at radius 1 is 1.14 bits per heavy atom. The lowest BCUT2D eigenvalue weighted by Gasteiger charge is -2.17. The van der Waals surface area contributed by atoms with Crippen LogP contribution in [0.25, 0.3) is 11.3 Å². The van der Waals surface area contributed by atoms with Crippen LogP contribution in [0.4, 0.5) is 4.39 Å². The molecule has 8 heteroatoms. The Balaban J connectivity index is 1.40. The largest absolute Gasteiger partial charge is 0.312 e. The maximum Gasteiger partial charge on any atom is 0.250 e. The highest BCUT2D eigenvalue weighted by Gasteiger charge is 2.23. The minimum absolute atomic E-state index is 0.0696. The standard InChI is InChI=1S/C29H34FN5O2/c1-3-24(4-2)35-18-21(9-12-29(35)37)26-16-32-17-27(34-26)28(36)14-25(31)20-7-5-19(6-8-20)15-33-23-11-10-22(30)13-23/h5-9,12,16-18,22-24,31,33H,3-4,10-11,13-15H2,1-2H3/t22?,23-/m1/s1. The number of halogens is 1. The van der Waals surface area contributed by atoms with Crippen LogP contribution in [0.2, 0.25) is 0 Å². The molecule has 4 rings (SSSR count). The van der Waals surface area contributed by atoms with Gasteiger partial charge in [-0.05, 0) is 49.3 Å². The van der Waals surface area contributed by atoms with E-state index in [4.69, 9.17) is 5.41 Å². The molecule has 0 radical (unpaired) electrons. The zero-order chi connectivity index (χ0) is 26.4. The first kappa shape index (κ1) is 26.5. The number of Topliss-reactive ketones (excluding diaryl/α,β-unsaturated/α-hetero) is 1. The number of nitrogens with zero attached hydrogens (tertiary/aromatic N) is 3. The lowest BCUT2D eigenvalue weighted by molar-refractivity contribution is 0.0995. The molecule has 0 bridgehead atoms. The zero-order valence-corrected chi connectivity index (χ0v) is 21.4. The second kappa shape index (κ2) is 12.1. The van der Waals surface area contributed by atoms with Crippen LogP contribution in [0, 0.1) is 5.41 Å². The first-order chi connectivity index (χ1) is 17.9. The van der Waals surface area contributed by atoms with Crippen molar-refractivity contribution in [1.82, 2.24) is 19.9 Å². The van der Waals surface area contributed by atoms with Gasteiger partial charge >= 0.3 is 0 Å². The Morgan fingerprint density at radius 3 is 2.57 bits per heavy atom. The molecular formula is C29H34FN5O2. The van der Waals surface area contributed by atoms with Crippen LogP contribution in [0.1, 0.15) is 80.0 Å². The number of aromatic nitrogens is 3. The molecule has 0 saturated heterocycles. The third kappa shape index (κ3) is 6.63. The normalized spacial score (nSPS) is 17.3. The number of carbonyl (C=O) groups excluding carboxylic acids is 1. The molecule has 194 valence electrons. The van der Waals surface area contributed by atoms with Crippen molar-refractivity contribution >= 4 is 11.5 Å². The summed E-state index contributed by atoms with van der Waals surface area (Å²) >= 11 is 0. The first-order valence-electron chi connectivity index (χ1n) is 13.0. The lowest BCUT2D eigenvalue weighted by atomic mass is 10.0. The van der Waals surface area contributed by atoms with Gasteiger partial charge in [-0.25, -0.2) is 9.37 Å². The average molecular weight is 504 g/mol. The molecule has 1 unspecified atom stereocenters. The number of carbonyl (C=O) groups is 1. The molecule has 1 aliphatic carbocycles. The highest BCUT2D eigenvalue weighted by atomic mass is 19.1. The van der Waals surface area contributed by atoms with Gasteiger partial charge in [0.15, 0.2) is 5.78 Å². The zero-order valence-electron chi connectivity index (χ0n) is 21.4. The van der Waals surface area contributed by atoms with E-state index < -0.39 is 6.17 Å². The van der Waals surface area contributed by atoms with Crippen LogP contribution in [0.3, 0.4) is 0 Å². The van der Waals surface area contributed by atoms with Crippen molar-refractivity contribution < 1.29 is 9.18 Å². The number of hydrogen-bond donors (Lipinski definition) is 2. The number of alkyl halides is 1. The molecule has 0 aliphatic heterocycles. The molecule has 2 atom stereocenters. The van der Waals surface area contributed by atoms with E-state index in [0.717, 1.165) is 24.8 Å². The van der Waals surface area contributed by atoms with Crippen molar-refractivity contribution in [3.05, 3.63) is 82.2 Å². The highest BCUT2D eigenvalue weighted by molar-refractivity contribution is 6.14. The van der Waals surface area contributed by atoms with E-state index in [0.29, 0.717) is 36.2 Å². The van der Waals surface area contributed by atoms with Crippen molar-refractivity contribution in [3.63, 3.8) is 0 Å². The summed E-state index contributed by atoms with van der Waals surface area (Å²) in [6, 6.07) is 11.1. The smallest absolute Gasteiger partial charge is 0.250 e. The summed E-state index contributed by atoms with van der Waals surface area (Å²) in [4.78, 5) is 34.0. The van der Waals surface area contributed by atoms with E-state index in [1.165, 1.54) is 12.3 Å². The molecular weight excluding hydrogens is 469 g/mol. The van der Waals surface area contributed by atoms with Gasteiger partial charge in [-0.3, -0.25) is 14.6 Å². The summed E-state index contributed by atoms with van der Waals surface area (Å²) < 4.78 is 15.1. The molecule has 1 saturated carbocycles. The summed E-state index contributed by atoms with van der Waals surface area (Å²) in [7, 11) is 0. The van der Waals surface area contributed by atoms with Gasteiger partial charge in [0.05, 0.1) is 24.5 Å². The monoisotopic (exact) mass is 503 g/mol. The summed E-state index contributed by atoms with van der Waals surface area (Å²) in [6.07, 6.45) is 7.69. The maximum atomic E-state index is 13.4. The Morgan fingerprint density at radius 2 is 1.89 bits per heavy atom. The third-order valence-corrected chi connectivity index (χ3v) is 7.09. The molecule has 0 amide bonds. The number of hydrogen-bond acceptors (Lipinski definition) is 6. The fourth-order valence-corrected chi connectivity index (χ4v) is 4.81. The molecule has 2 N–H and O–H groups in total. The van der Waals surface area contributed by atoms with Crippen molar-refractivity contribution in [1.29, 1.82) is 5.41 Å². The van der Waals surface area contributed by atoms with E-state index in [9.17, 15) is 14.0 Å². The van der Waals surface area contributed by atoms with Gasteiger partial charge in [-0.2, -0.15) is 0 Å². The summed E-state index contributed by atoms with van der Waals surface area (Å²) in [5, 5.41) is 11.8. The van der Waals surface area contributed by atoms with Gasteiger partial charge in [0.1, 0.15) is 11.9 Å². The second-order valence-electron chi connectivity index (χ2n) is 9.69. The first-order valence-corrected chi connectivity index (χ1v) is 13.0. The van der Waals surface area contributed by atoms with E-state index in [1.807, 2.05) is 38.1 Å². The molecule has 2 heterocycles. The minimum Gasteiger partial charge on any atom is -0.312 e. The predicted octanol–water partition coefficient (Wildman–Crippen LogP) is 5.29. The second-order valence-corrected chi connectivity index (χ2v) is 9.69. The van der Waals surface area contributed by atoms with Crippen LogP contribution in [0.15, 0.2) is 59.8 Å². The van der Waals surface area contributed by atoms with Crippen molar-refractivity contribution in [2.24, 2.45) is 0 Å². The Labute approximate surface area is 216 Å². The number of rotatable bonds is 11. The fourth-order valence-electron chi connectivity index (χ4n) is 4.81. The topological polar surface area (TPSA) is 101 Å². The maximum absolute atomic E-state index is 13.4. The van der Waals surface area contributed by atoms with E-state index >= 15 is 0 Å².